The average molecular weight is 500 g/mol. The average Bonchev–Trinajstić information content (AvgIpc) is 2.94. The van der Waals surface area contributed by atoms with Crippen LogP contribution in [0.25, 0.3) is 0 Å². The molecule has 1 aromatic heterocycles. The van der Waals surface area contributed by atoms with E-state index in [0.717, 1.165) is 62.9 Å². The highest BCUT2D eigenvalue weighted by atomic mass is 16.5. The predicted molar refractivity (Wildman–Crippen MR) is 145 cm³/mol. The van der Waals surface area contributed by atoms with Crippen molar-refractivity contribution >= 4 is 5.91 Å². The van der Waals surface area contributed by atoms with Gasteiger partial charge in [0.05, 0.1) is 13.2 Å². The van der Waals surface area contributed by atoms with Crippen LogP contribution in [0, 0.1) is 0 Å². The number of carbonyl (C=O) groups is 1. The van der Waals surface area contributed by atoms with E-state index in [2.05, 4.69) is 39.0 Å². The zero-order valence-electron chi connectivity index (χ0n) is 21.6. The Morgan fingerprint density at radius 1 is 0.865 bits per heavy atom. The second-order valence-electron chi connectivity index (χ2n) is 10.1. The van der Waals surface area contributed by atoms with Gasteiger partial charge < -0.3 is 14.4 Å². The van der Waals surface area contributed by atoms with Crippen LogP contribution >= 0.6 is 0 Å². The summed E-state index contributed by atoms with van der Waals surface area (Å²) in [7, 11) is 0. The zero-order chi connectivity index (χ0) is 25.3. The number of rotatable bonds is 4. The number of aromatic nitrogens is 1. The van der Waals surface area contributed by atoms with E-state index in [4.69, 9.17) is 9.47 Å². The Bertz CT molecular complexity index is 1150. The van der Waals surface area contributed by atoms with Gasteiger partial charge in [-0.2, -0.15) is 0 Å². The van der Waals surface area contributed by atoms with Gasteiger partial charge in [-0.3, -0.25) is 9.69 Å². The lowest BCUT2D eigenvalue weighted by Crippen LogP contribution is -2.49. The van der Waals surface area contributed by atoms with Gasteiger partial charge in [0, 0.05) is 30.9 Å². The van der Waals surface area contributed by atoms with Crippen molar-refractivity contribution < 1.29 is 14.3 Å². The van der Waals surface area contributed by atoms with Crippen molar-refractivity contribution in [3.8, 4) is 17.4 Å². The summed E-state index contributed by atoms with van der Waals surface area (Å²) in [5, 5.41) is 0. The molecule has 6 nitrogen and oxygen atoms in total. The first kappa shape index (κ1) is 25.3. The Morgan fingerprint density at radius 3 is 2.57 bits per heavy atom. The summed E-state index contributed by atoms with van der Waals surface area (Å²) in [6.07, 6.45) is 9.04. The van der Waals surface area contributed by atoms with Gasteiger partial charge in [0.25, 0.3) is 0 Å². The van der Waals surface area contributed by atoms with Crippen molar-refractivity contribution in [3.63, 3.8) is 0 Å². The number of para-hydroxylation sites is 2. The molecule has 6 heteroatoms. The molecule has 2 aromatic carbocycles. The second-order valence-corrected chi connectivity index (χ2v) is 10.1. The molecule has 3 heterocycles. The zero-order valence-corrected chi connectivity index (χ0v) is 21.6. The smallest absolute Gasteiger partial charge is 0.237 e. The third kappa shape index (κ3) is 6.89. The van der Waals surface area contributed by atoms with Gasteiger partial charge in [-0.1, -0.05) is 48.5 Å². The second kappa shape index (κ2) is 12.7. The van der Waals surface area contributed by atoms with Gasteiger partial charge in [-0.05, 0) is 75.3 Å². The Morgan fingerprint density at radius 2 is 1.68 bits per heavy atom. The van der Waals surface area contributed by atoms with Crippen molar-refractivity contribution in [1.29, 1.82) is 0 Å². The highest BCUT2D eigenvalue weighted by molar-refractivity contribution is 5.78. The molecule has 194 valence electrons. The monoisotopic (exact) mass is 499 g/mol. The van der Waals surface area contributed by atoms with Crippen LogP contribution in [0.1, 0.15) is 49.7 Å². The summed E-state index contributed by atoms with van der Waals surface area (Å²) in [5.74, 6) is 2.20. The topological polar surface area (TPSA) is 54.9 Å². The fraction of sp³-hybridized carbons (Fsp3) is 0.419. The Balaban J connectivity index is 1.33. The van der Waals surface area contributed by atoms with E-state index in [1.165, 1.54) is 12.0 Å². The maximum atomic E-state index is 13.7. The number of likely N-dealkylation sites (tertiary alicyclic amines) is 1. The molecule has 1 saturated heterocycles. The fourth-order valence-corrected chi connectivity index (χ4v) is 5.35. The molecule has 2 aliphatic rings. The third-order valence-electron chi connectivity index (χ3n) is 7.30. The molecule has 0 bridgehead atoms. The van der Waals surface area contributed by atoms with Crippen molar-refractivity contribution in [2.24, 2.45) is 0 Å². The normalized spacial score (nSPS) is 19.1. The molecule has 37 heavy (non-hydrogen) atoms. The number of carbonyl (C=O) groups excluding carboxylic acids is 1. The van der Waals surface area contributed by atoms with Gasteiger partial charge in [0.2, 0.25) is 11.8 Å². The highest BCUT2D eigenvalue weighted by Crippen LogP contribution is 2.33. The number of piperidine rings is 1. The number of hydrogen-bond acceptors (Lipinski definition) is 5. The number of hydrogen-bond donors (Lipinski definition) is 0. The first-order valence-corrected chi connectivity index (χ1v) is 13.7. The lowest BCUT2D eigenvalue weighted by Gasteiger charge is -2.37. The van der Waals surface area contributed by atoms with E-state index < -0.39 is 0 Å². The number of nitrogens with zero attached hydrogens (tertiary/aromatic N) is 3. The number of ether oxygens (including phenoxy) is 2. The number of fused-ring (bicyclic) bond motifs is 2. The van der Waals surface area contributed by atoms with Crippen LogP contribution in [0.2, 0.25) is 0 Å². The molecule has 0 spiro atoms. The van der Waals surface area contributed by atoms with E-state index in [0.29, 0.717) is 31.3 Å². The molecular formula is C31H37N3O3. The summed E-state index contributed by atoms with van der Waals surface area (Å²) in [6.45, 7) is 3.37. The van der Waals surface area contributed by atoms with Gasteiger partial charge in [0.15, 0.2) is 11.5 Å². The molecule has 0 radical (unpaired) electrons. The Kier molecular flexibility index (Phi) is 8.70. The SMILES string of the molecule is O=C(CN1CCCCCOc2ccccc2Oc2ncccc2C1)N1CCCCC1Cc1ccccc1. The summed E-state index contributed by atoms with van der Waals surface area (Å²) in [4.78, 5) is 22.6. The molecule has 1 atom stereocenters. The predicted octanol–water partition coefficient (Wildman–Crippen LogP) is 5.86. The largest absolute Gasteiger partial charge is 0.490 e. The molecule has 1 amide bonds. The van der Waals surface area contributed by atoms with Crippen LogP contribution in [0.5, 0.6) is 17.4 Å². The van der Waals surface area contributed by atoms with Gasteiger partial charge in [-0.15, -0.1) is 0 Å². The molecule has 0 aliphatic carbocycles. The maximum Gasteiger partial charge on any atom is 0.237 e. The first-order valence-electron chi connectivity index (χ1n) is 13.7. The summed E-state index contributed by atoms with van der Waals surface area (Å²) < 4.78 is 12.3. The molecule has 1 fully saturated rings. The maximum absolute atomic E-state index is 13.7. The Hall–Kier alpha value is -3.38. The van der Waals surface area contributed by atoms with Crippen LogP contribution < -0.4 is 9.47 Å². The van der Waals surface area contributed by atoms with E-state index in [1.807, 2.05) is 42.5 Å². The molecule has 0 N–H and O–H groups in total. The molecular weight excluding hydrogens is 462 g/mol. The molecule has 0 saturated carbocycles. The number of benzene rings is 2. The van der Waals surface area contributed by atoms with Crippen LogP contribution in [0.3, 0.4) is 0 Å². The van der Waals surface area contributed by atoms with Crippen LogP contribution in [0.15, 0.2) is 72.9 Å². The van der Waals surface area contributed by atoms with Gasteiger partial charge >= 0.3 is 0 Å². The van der Waals surface area contributed by atoms with Crippen molar-refractivity contribution in [3.05, 3.63) is 84.1 Å². The van der Waals surface area contributed by atoms with Gasteiger partial charge in [0.1, 0.15) is 0 Å². The van der Waals surface area contributed by atoms with Crippen LogP contribution in [0.4, 0.5) is 0 Å². The molecule has 1 unspecified atom stereocenters. The van der Waals surface area contributed by atoms with E-state index in [-0.39, 0.29) is 11.9 Å². The van der Waals surface area contributed by atoms with Crippen molar-refractivity contribution in [1.82, 2.24) is 14.8 Å². The minimum atomic E-state index is 0.227. The fourth-order valence-electron chi connectivity index (χ4n) is 5.35. The summed E-state index contributed by atoms with van der Waals surface area (Å²) >= 11 is 0. The van der Waals surface area contributed by atoms with E-state index >= 15 is 0 Å². The van der Waals surface area contributed by atoms with Crippen molar-refractivity contribution in [2.45, 2.75) is 57.5 Å². The highest BCUT2D eigenvalue weighted by Gasteiger charge is 2.28. The lowest BCUT2D eigenvalue weighted by atomic mass is 9.95. The van der Waals surface area contributed by atoms with Gasteiger partial charge in [-0.25, -0.2) is 4.98 Å². The van der Waals surface area contributed by atoms with E-state index in [1.54, 1.807) is 6.20 Å². The third-order valence-corrected chi connectivity index (χ3v) is 7.30. The minimum absolute atomic E-state index is 0.227. The molecule has 3 aromatic rings. The lowest BCUT2D eigenvalue weighted by molar-refractivity contribution is -0.136. The standard InChI is InChI=1S/C31H37N3O3/c35-30(34-20-9-7-15-27(34)22-25-12-3-1-4-13-25)24-33-19-8-2-10-21-36-28-16-5-6-17-29(28)37-31-26(23-33)14-11-18-32-31/h1,3-6,11-14,16-18,27H,2,7-10,15,19-24H2. The summed E-state index contributed by atoms with van der Waals surface area (Å²) in [5.41, 5.74) is 2.28. The number of amides is 1. The van der Waals surface area contributed by atoms with Crippen LogP contribution in [-0.2, 0) is 17.8 Å². The van der Waals surface area contributed by atoms with Crippen LogP contribution in [-0.4, -0.2) is 53.0 Å². The Labute approximate surface area is 220 Å². The first-order chi connectivity index (χ1) is 18.3. The van der Waals surface area contributed by atoms with Crippen molar-refractivity contribution in [2.75, 3.05) is 26.2 Å². The molecule has 2 aliphatic heterocycles. The quantitative estimate of drug-likeness (QED) is 0.450. The number of pyridine rings is 1. The summed E-state index contributed by atoms with van der Waals surface area (Å²) in [6, 6.07) is 22.6. The minimum Gasteiger partial charge on any atom is -0.490 e. The molecule has 5 rings (SSSR count). The van der Waals surface area contributed by atoms with E-state index in [9.17, 15) is 4.79 Å².